The second-order valence-electron chi connectivity index (χ2n) is 2.22. The van der Waals surface area contributed by atoms with E-state index in [0.29, 0.717) is 3.75 Å². The van der Waals surface area contributed by atoms with E-state index in [9.17, 15) is 9.59 Å². The van der Waals surface area contributed by atoms with Crippen molar-refractivity contribution in [2.24, 2.45) is 0 Å². The van der Waals surface area contributed by atoms with E-state index in [1.165, 1.54) is 14.2 Å². The molecule has 0 bridgehead atoms. The van der Waals surface area contributed by atoms with Crippen LogP contribution in [0.25, 0.3) is 0 Å². The summed E-state index contributed by atoms with van der Waals surface area (Å²) in [4.78, 5) is 22.2. The average Bonchev–Trinajstić information content (AvgIpc) is 2.90. The molecule has 0 spiro atoms. The predicted octanol–water partition coefficient (Wildman–Crippen LogP) is 1.59. The van der Waals surface area contributed by atoms with E-state index >= 15 is 0 Å². The van der Waals surface area contributed by atoms with E-state index < -0.39 is 25.5 Å². The third-order valence-corrected chi connectivity index (χ3v) is 4.63. The monoisotopic (exact) mass is 326 g/mol. The first-order valence-corrected chi connectivity index (χ1v) is 8.67. The van der Waals surface area contributed by atoms with E-state index in [0.717, 1.165) is 0 Å². The number of methoxy groups -OCH3 is 2. The Labute approximate surface area is 92.9 Å². The van der Waals surface area contributed by atoms with Gasteiger partial charge in [0.05, 0.1) is 0 Å². The van der Waals surface area contributed by atoms with Crippen molar-refractivity contribution in [3.05, 3.63) is 14.9 Å². The third kappa shape index (κ3) is 2.05. The van der Waals surface area contributed by atoms with Crippen molar-refractivity contribution < 1.29 is 32.6 Å². The Morgan fingerprint density at radius 3 is 1.64 bits per heavy atom. The van der Waals surface area contributed by atoms with E-state index in [1.54, 1.807) is 0 Å². The van der Waals surface area contributed by atoms with Crippen LogP contribution in [0.4, 0.5) is 0 Å². The molecule has 7 heteroatoms. The molecule has 0 aliphatic heterocycles. The number of hydrogen-bond acceptors (Lipinski definition) is 4. The SMILES string of the molecule is COC(=O)c1c(C(=O)OC)[c]1=[Ru]([Cl])[Cl]. The van der Waals surface area contributed by atoms with Gasteiger partial charge in [-0.15, -0.1) is 0 Å². The fourth-order valence-electron chi connectivity index (χ4n) is 0.876. The number of halogens is 2. The molecule has 14 heavy (non-hydrogen) atoms. The molecule has 0 atom stereocenters. The standard InChI is InChI=1S/C7H6O4.2ClH.Ru/c1-10-6(8)4-3-5(4)7(9)11-2;;;/h1-2H3;2*1H;/q;;;+2/p-2. The first-order chi connectivity index (χ1) is 6.54. The van der Waals surface area contributed by atoms with Gasteiger partial charge < -0.3 is 0 Å². The molecule has 1 rings (SSSR count). The van der Waals surface area contributed by atoms with Crippen LogP contribution in [0.15, 0.2) is 0 Å². The number of carbonyl (C=O) groups excluding carboxylic acids is 2. The molecule has 0 aromatic heterocycles. The zero-order valence-electron chi connectivity index (χ0n) is 7.24. The van der Waals surface area contributed by atoms with Crippen LogP contribution >= 0.6 is 19.4 Å². The van der Waals surface area contributed by atoms with Gasteiger partial charge in [0.15, 0.2) is 0 Å². The van der Waals surface area contributed by atoms with Crippen molar-refractivity contribution in [3.8, 4) is 0 Å². The minimum absolute atomic E-state index is 0.183. The molecular weight excluding hydrogens is 320 g/mol. The van der Waals surface area contributed by atoms with Crippen LogP contribution in [0.2, 0.25) is 0 Å². The molecule has 0 saturated carbocycles. The van der Waals surface area contributed by atoms with Gasteiger partial charge in [-0.2, -0.15) is 0 Å². The molecule has 80 valence electrons. The van der Waals surface area contributed by atoms with Gasteiger partial charge in [-0.1, -0.05) is 0 Å². The Morgan fingerprint density at radius 2 is 1.43 bits per heavy atom. The summed E-state index contributed by atoms with van der Waals surface area (Å²) in [5, 5.41) is 0. The van der Waals surface area contributed by atoms with Crippen LogP contribution in [0.3, 0.4) is 0 Å². The number of rotatable bonds is 2. The van der Waals surface area contributed by atoms with Crippen LogP contribution < -0.4 is 0 Å². The van der Waals surface area contributed by atoms with Crippen molar-refractivity contribution in [1.82, 2.24) is 0 Å². The van der Waals surface area contributed by atoms with E-state index in [-0.39, 0.29) is 11.1 Å². The summed E-state index contributed by atoms with van der Waals surface area (Å²) in [6.45, 7) is 0. The molecule has 0 radical (unpaired) electrons. The zero-order valence-corrected chi connectivity index (χ0v) is 10.5. The van der Waals surface area contributed by atoms with Crippen LogP contribution in [0, 0.1) is 3.75 Å². The van der Waals surface area contributed by atoms with E-state index in [4.69, 9.17) is 19.4 Å². The minimum atomic E-state index is -2.24. The summed E-state index contributed by atoms with van der Waals surface area (Å²) in [5.74, 6) is -1.19. The van der Waals surface area contributed by atoms with Gasteiger partial charge in [0.1, 0.15) is 0 Å². The van der Waals surface area contributed by atoms with Gasteiger partial charge in [-0.25, -0.2) is 0 Å². The topological polar surface area (TPSA) is 52.6 Å². The summed E-state index contributed by atoms with van der Waals surface area (Å²) in [6, 6.07) is 0. The molecule has 1 aromatic rings. The number of ether oxygens (including phenoxy) is 2. The maximum absolute atomic E-state index is 11.1. The van der Waals surface area contributed by atoms with Gasteiger partial charge in [-0.3, -0.25) is 0 Å². The average molecular weight is 326 g/mol. The zero-order chi connectivity index (χ0) is 10.9. The molecule has 1 aromatic carbocycles. The summed E-state index contributed by atoms with van der Waals surface area (Å²) in [6.07, 6.45) is 0. The third-order valence-electron chi connectivity index (χ3n) is 1.53. The Hall–Kier alpha value is -0.247. The molecule has 0 aliphatic carbocycles. The second kappa shape index (κ2) is 4.52. The molecule has 4 nitrogen and oxygen atoms in total. The summed E-state index contributed by atoms with van der Waals surface area (Å²) in [5.41, 5.74) is 0.367. The molecule has 0 N–H and O–H groups in total. The molecule has 0 unspecified atom stereocenters. The van der Waals surface area contributed by atoms with Crippen molar-refractivity contribution >= 4 is 31.3 Å². The van der Waals surface area contributed by atoms with Crippen LogP contribution in [-0.4, -0.2) is 26.2 Å². The van der Waals surface area contributed by atoms with Crippen LogP contribution in [-0.2, 0) is 23.0 Å². The Kier molecular flexibility index (Phi) is 3.81. The Morgan fingerprint density at radius 1 is 1.07 bits per heavy atom. The Bertz CT molecular complexity index is 381. The fourth-order valence-corrected chi connectivity index (χ4v) is 3.79. The Balaban J connectivity index is 3.15. The fraction of sp³-hybridized carbons (Fsp3) is 0.286. The molecule has 0 aliphatic rings. The van der Waals surface area contributed by atoms with Crippen molar-refractivity contribution in [1.29, 1.82) is 0 Å². The van der Waals surface area contributed by atoms with Gasteiger partial charge in [0, 0.05) is 0 Å². The van der Waals surface area contributed by atoms with E-state index in [1.807, 2.05) is 0 Å². The van der Waals surface area contributed by atoms with Gasteiger partial charge >= 0.3 is 93.0 Å². The van der Waals surface area contributed by atoms with Crippen LogP contribution in [0.1, 0.15) is 20.7 Å². The number of carbonyl (C=O) groups is 2. The first-order valence-electron chi connectivity index (χ1n) is 3.33. The van der Waals surface area contributed by atoms with Crippen molar-refractivity contribution in [2.45, 2.75) is 0 Å². The molecule has 0 fully saturated rings. The van der Waals surface area contributed by atoms with Crippen molar-refractivity contribution in [2.75, 3.05) is 14.2 Å². The van der Waals surface area contributed by atoms with Gasteiger partial charge in [0.2, 0.25) is 0 Å². The number of hydrogen-bond donors (Lipinski definition) is 0. The second-order valence-corrected chi connectivity index (χ2v) is 7.96. The summed E-state index contributed by atoms with van der Waals surface area (Å²) < 4.78 is 9.35. The van der Waals surface area contributed by atoms with Gasteiger partial charge in [-0.05, 0) is 0 Å². The molecule has 0 amide bonds. The molecule has 0 heterocycles. The predicted molar refractivity (Wildman–Crippen MR) is 46.4 cm³/mol. The van der Waals surface area contributed by atoms with Crippen molar-refractivity contribution in [3.63, 3.8) is 0 Å². The number of esters is 2. The molecule has 0 saturated heterocycles. The van der Waals surface area contributed by atoms with Crippen LogP contribution in [0.5, 0.6) is 0 Å². The van der Waals surface area contributed by atoms with Gasteiger partial charge in [0.25, 0.3) is 0 Å². The first kappa shape index (κ1) is 11.8. The quantitative estimate of drug-likeness (QED) is 0.612. The normalized spacial score (nSPS) is 11.3. The summed E-state index contributed by atoms with van der Waals surface area (Å²) in [7, 11) is 13.8. The maximum atomic E-state index is 11.1. The molecular formula is C7H6Cl2O4Ru. The van der Waals surface area contributed by atoms with E-state index in [2.05, 4.69) is 9.47 Å². The summed E-state index contributed by atoms with van der Waals surface area (Å²) >= 11 is -2.24.